The van der Waals surface area contributed by atoms with Crippen molar-refractivity contribution in [3.63, 3.8) is 0 Å². The zero-order valence-electron chi connectivity index (χ0n) is 8.97. The molecule has 0 saturated heterocycles. The van der Waals surface area contributed by atoms with Crippen LogP contribution in [0.5, 0.6) is 0 Å². The number of hydrogen-bond acceptors (Lipinski definition) is 3. The fraction of sp³-hybridized carbons (Fsp3) is 0.727. The Bertz CT molecular complexity index is 281. The molecule has 0 aliphatic heterocycles. The molecule has 0 spiro atoms. The molecular weight excluding hydrogens is 192 g/mol. The van der Waals surface area contributed by atoms with Gasteiger partial charge in [-0.25, -0.2) is 4.98 Å². The lowest BCUT2D eigenvalue weighted by Gasteiger charge is -2.06. The van der Waals surface area contributed by atoms with E-state index in [1.807, 2.05) is 11.3 Å². The second kappa shape index (κ2) is 4.30. The maximum absolute atomic E-state index is 4.63. The second-order valence-electron chi connectivity index (χ2n) is 4.37. The number of nitrogens with zero attached hydrogens (tertiary/aromatic N) is 1. The molecule has 2 rings (SSSR count). The van der Waals surface area contributed by atoms with Crippen LogP contribution in [0.1, 0.15) is 37.3 Å². The van der Waals surface area contributed by atoms with Crippen LogP contribution in [0.3, 0.4) is 0 Å². The smallest absolute Gasteiger partial charge is 0.183 e. The molecule has 2 nitrogen and oxygen atoms in total. The Morgan fingerprint density at radius 1 is 1.36 bits per heavy atom. The molecule has 0 bridgehead atoms. The molecule has 0 atom stereocenters. The van der Waals surface area contributed by atoms with Crippen molar-refractivity contribution in [2.75, 3.05) is 11.9 Å². The predicted molar refractivity (Wildman–Crippen MR) is 62.1 cm³/mol. The highest BCUT2D eigenvalue weighted by Gasteiger charge is 2.14. The Hall–Kier alpha value is -0.570. The minimum Gasteiger partial charge on any atom is -0.361 e. The van der Waals surface area contributed by atoms with Crippen molar-refractivity contribution in [2.45, 2.75) is 39.5 Å². The van der Waals surface area contributed by atoms with Gasteiger partial charge >= 0.3 is 0 Å². The maximum atomic E-state index is 4.63. The van der Waals surface area contributed by atoms with Crippen molar-refractivity contribution in [1.29, 1.82) is 0 Å². The lowest BCUT2D eigenvalue weighted by molar-refractivity contribution is 0.678. The van der Waals surface area contributed by atoms with E-state index in [1.165, 1.54) is 36.3 Å². The lowest BCUT2D eigenvalue weighted by Crippen LogP contribution is -2.07. The molecular formula is C11H18N2S. The van der Waals surface area contributed by atoms with Crippen LogP contribution < -0.4 is 5.32 Å². The monoisotopic (exact) mass is 210 g/mol. The minimum atomic E-state index is 0.691. The number of nitrogens with one attached hydrogen (secondary N) is 1. The number of rotatable bonds is 3. The van der Waals surface area contributed by atoms with Crippen molar-refractivity contribution >= 4 is 16.5 Å². The Labute approximate surface area is 89.8 Å². The lowest BCUT2D eigenvalue weighted by atomic mass is 10.0. The summed E-state index contributed by atoms with van der Waals surface area (Å²) in [5, 5.41) is 4.54. The summed E-state index contributed by atoms with van der Waals surface area (Å²) in [7, 11) is 0. The van der Waals surface area contributed by atoms with Crippen molar-refractivity contribution in [2.24, 2.45) is 5.92 Å². The van der Waals surface area contributed by atoms with Gasteiger partial charge in [-0.15, -0.1) is 11.3 Å². The number of aryl methyl sites for hydroxylation is 2. The highest BCUT2D eigenvalue weighted by atomic mass is 32.1. The zero-order chi connectivity index (χ0) is 9.97. The standard InChI is InChI=1S/C11H18N2S/c1-8(2)7-12-11-13-9-5-3-4-6-10(9)14-11/h8H,3-7H2,1-2H3,(H,12,13). The highest BCUT2D eigenvalue weighted by molar-refractivity contribution is 7.15. The van der Waals surface area contributed by atoms with Crippen LogP contribution in [-0.2, 0) is 12.8 Å². The molecule has 3 heteroatoms. The number of aromatic nitrogens is 1. The summed E-state index contributed by atoms with van der Waals surface area (Å²) in [6.45, 7) is 5.48. The Balaban J connectivity index is 2.01. The van der Waals surface area contributed by atoms with Gasteiger partial charge in [-0.2, -0.15) is 0 Å². The van der Waals surface area contributed by atoms with Gasteiger partial charge in [0.25, 0.3) is 0 Å². The quantitative estimate of drug-likeness (QED) is 0.829. The minimum absolute atomic E-state index is 0.691. The van der Waals surface area contributed by atoms with Crippen molar-refractivity contribution in [3.05, 3.63) is 10.6 Å². The molecule has 0 radical (unpaired) electrons. The Morgan fingerprint density at radius 2 is 2.14 bits per heavy atom. The van der Waals surface area contributed by atoms with E-state index in [9.17, 15) is 0 Å². The number of thiazole rings is 1. The fourth-order valence-electron chi connectivity index (χ4n) is 1.72. The zero-order valence-corrected chi connectivity index (χ0v) is 9.78. The number of fused-ring (bicyclic) bond motifs is 1. The molecule has 14 heavy (non-hydrogen) atoms. The van der Waals surface area contributed by atoms with E-state index in [4.69, 9.17) is 0 Å². The molecule has 0 aromatic carbocycles. The molecule has 1 aliphatic rings. The first kappa shape index (κ1) is 9.97. The van der Waals surface area contributed by atoms with Gasteiger partial charge in [0.2, 0.25) is 0 Å². The average Bonchev–Trinajstić information content (AvgIpc) is 2.57. The van der Waals surface area contributed by atoms with Gasteiger partial charge in [0.05, 0.1) is 5.69 Å². The van der Waals surface area contributed by atoms with Crippen molar-refractivity contribution in [3.8, 4) is 0 Å². The fourth-order valence-corrected chi connectivity index (χ4v) is 2.78. The number of hydrogen-bond donors (Lipinski definition) is 1. The largest absolute Gasteiger partial charge is 0.361 e. The summed E-state index contributed by atoms with van der Waals surface area (Å²) in [6.07, 6.45) is 5.10. The van der Waals surface area contributed by atoms with Crippen LogP contribution in [0.4, 0.5) is 5.13 Å². The predicted octanol–water partition coefficient (Wildman–Crippen LogP) is 3.09. The van der Waals surface area contributed by atoms with Crippen molar-refractivity contribution < 1.29 is 0 Å². The Kier molecular flexibility index (Phi) is 3.06. The van der Waals surface area contributed by atoms with E-state index < -0.39 is 0 Å². The van der Waals surface area contributed by atoms with Gasteiger partial charge in [-0.05, 0) is 31.6 Å². The van der Waals surface area contributed by atoms with Crippen molar-refractivity contribution in [1.82, 2.24) is 4.98 Å². The SMILES string of the molecule is CC(C)CNc1nc2c(s1)CCCC2. The van der Waals surface area contributed by atoms with Gasteiger partial charge in [-0.1, -0.05) is 13.8 Å². The van der Waals surface area contributed by atoms with Gasteiger partial charge < -0.3 is 5.32 Å². The molecule has 78 valence electrons. The van der Waals surface area contributed by atoms with Gasteiger partial charge in [0, 0.05) is 11.4 Å². The number of anilines is 1. The summed E-state index contributed by atoms with van der Waals surface area (Å²) < 4.78 is 0. The topological polar surface area (TPSA) is 24.9 Å². The van der Waals surface area contributed by atoms with E-state index in [1.54, 1.807) is 0 Å². The third-order valence-corrected chi connectivity index (χ3v) is 3.62. The Morgan fingerprint density at radius 3 is 2.86 bits per heavy atom. The summed E-state index contributed by atoms with van der Waals surface area (Å²) >= 11 is 1.86. The molecule has 1 aromatic heterocycles. The van der Waals surface area contributed by atoms with Crippen LogP contribution in [0, 0.1) is 5.92 Å². The summed E-state index contributed by atoms with van der Waals surface area (Å²) in [5.41, 5.74) is 1.35. The van der Waals surface area contributed by atoms with Crippen LogP contribution in [0.2, 0.25) is 0 Å². The van der Waals surface area contributed by atoms with E-state index >= 15 is 0 Å². The summed E-state index contributed by atoms with van der Waals surface area (Å²) in [6, 6.07) is 0. The van der Waals surface area contributed by atoms with Gasteiger partial charge in [0.1, 0.15) is 0 Å². The molecule has 0 unspecified atom stereocenters. The van der Waals surface area contributed by atoms with Crippen LogP contribution in [0.15, 0.2) is 0 Å². The molecule has 1 aromatic rings. The second-order valence-corrected chi connectivity index (χ2v) is 5.45. The van der Waals surface area contributed by atoms with E-state index in [2.05, 4.69) is 24.1 Å². The molecule has 0 saturated carbocycles. The highest BCUT2D eigenvalue weighted by Crippen LogP contribution is 2.29. The van der Waals surface area contributed by atoms with E-state index in [0.717, 1.165) is 11.7 Å². The molecule has 1 heterocycles. The molecule has 0 amide bonds. The maximum Gasteiger partial charge on any atom is 0.183 e. The normalized spacial score (nSPS) is 15.6. The third kappa shape index (κ3) is 2.27. The first-order valence-electron chi connectivity index (χ1n) is 5.48. The molecule has 1 aliphatic carbocycles. The van der Waals surface area contributed by atoms with E-state index in [0.29, 0.717) is 5.92 Å². The first-order chi connectivity index (χ1) is 6.75. The summed E-state index contributed by atoms with van der Waals surface area (Å²) in [4.78, 5) is 6.15. The summed E-state index contributed by atoms with van der Waals surface area (Å²) in [5.74, 6) is 0.691. The molecule has 1 N–H and O–H groups in total. The van der Waals surface area contributed by atoms with Gasteiger partial charge in [0.15, 0.2) is 5.13 Å². The van der Waals surface area contributed by atoms with E-state index in [-0.39, 0.29) is 0 Å². The van der Waals surface area contributed by atoms with Gasteiger partial charge in [-0.3, -0.25) is 0 Å². The van der Waals surface area contributed by atoms with Crippen LogP contribution in [-0.4, -0.2) is 11.5 Å². The first-order valence-corrected chi connectivity index (χ1v) is 6.30. The molecule has 0 fully saturated rings. The third-order valence-electron chi connectivity index (χ3n) is 2.51. The van der Waals surface area contributed by atoms with Crippen LogP contribution >= 0.6 is 11.3 Å². The average molecular weight is 210 g/mol. The van der Waals surface area contributed by atoms with Crippen LogP contribution in [0.25, 0.3) is 0 Å².